The molecule has 1 heterocycles. The van der Waals surface area contributed by atoms with Crippen LogP contribution >= 0.6 is 0 Å². The van der Waals surface area contributed by atoms with Crippen molar-refractivity contribution in [3.05, 3.63) is 30.5 Å². The minimum absolute atomic E-state index is 0.0101. The number of sulfonamides is 1. The van der Waals surface area contributed by atoms with Gasteiger partial charge >= 0.3 is 0 Å². The van der Waals surface area contributed by atoms with E-state index in [1.807, 2.05) is 0 Å². The average molecular weight is 290 g/mol. The lowest BCUT2D eigenvalue weighted by molar-refractivity contribution is 0.316. The number of rotatable bonds is 5. The van der Waals surface area contributed by atoms with Gasteiger partial charge in [-0.25, -0.2) is 13.6 Å². The van der Waals surface area contributed by atoms with Gasteiger partial charge in [-0.3, -0.25) is 4.98 Å². The number of pyridine rings is 1. The van der Waals surface area contributed by atoms with Crippen molar-refractivity contribution in [2.75, 3.05) is 6.61 Å². The second-order valence-corrected chi connectivity index (χ2v) is 5.69. The smallest absolute Gasteiger partial charge is 0.240 e. The summed E-state index contributed by atoms with van der Waals surface area (Å²) >= 11 is 0. The highest BCUT2D eigenvalue weighted by Gasteiger charge is 2.15. The number of terminal acetylenes is 1. The summed E-state index contributed by atoms with van der Waals surface area (Å²) in [5.74, 6) is 3.10. The van der Waals surface area contributed by atoms with Gasteiger partial charge in [-0.2, -0.15) is 0 Å². The first-order valence-corrected chi connectivity index (χ1v) is 7.55. The lowest BCUT2D eigenvalue weighted by atomic mass is 10.2. The number of ether oxygens (including phenoxy) is 1. The van der Waals surface area contributed by atoms with E-state index in [1.54, 1.807) is 18.2 Å². The monoisotopic (exact) mass is 290 g/mol. The summed E-state index contributed by atoms with van der Waals surface area (Å²) in [6, 6.07) is 6.44. The van der Waals surface area contributed by atoms with E-state index < -0.39 is 10.0 Å². The fraction of sp³-hybridized carbons (Fsp3) is 0.214. The average Bonchev–Trinajstić information content (AvgIpc) is 2.42. The number of nitrogens with two attached hydrogens (primary N) is 1. The van der Waals surface area contributed by atoms with Gasteiger partial charge in [0.15, 0.2) is 0 Å². The topological polar surface area (TPSA) is 82.3 Å². The van der Waals surface area contributed by atoms with E-state index in [0.29, 0.717) is 29.7 Å². The Morgan fingerprint density at radius 1 is 1.35 bits per heavy atom. The van der Waals surface area contributed by atoms with E-state index in [9.17, 15) is 8.42 Å². The zero-order valence-corrected chi connectivity index (χ0v) is 11.6. The largest absolute Gasteiger partial charge is 0.493 e. The minimum atomic E-state index is -3.82. The number of unbranched alkanes of at least 4 members (excludes halogenated alkanes) is 1. The molecule has 0 unspecified atom stereocenters. The number of hydrogen-bond acceptors (Lipinski definition) is 4. The molecule has 0 saturated heterocycles. The Balaban J connectivity index is 2.42. The van der Waals surface area contributed by atoms with Crippen LogP contribution < -0.4 is 9.88 Å². The summed E-state index contributed by atoms with van der Waals surface area (Å²) in [5, 5.41) is 5.79. The van der Waals surface area contributed by atoms with Crippen LogP contribution in [-0.4, -0.2) is 20.0 Å². The van der Waals surface area contributed by atoms with E-state index in [2.05, 4.69) is 10.9 Å². The lowest BCUT2D eigenvalue weighted by Crippen LogP contribution is -2.13. The maximum Gasteiger partial charge on any atom is 0.240 e. The molecule has 0 fully saturated rings. The second kappa shape index (κ2) is 5.90. The summed E-state index contributed by atoms with van der Waals surface area (Å²) in [5.41, 5.74) is 0.310. The van der Waals surface area contributed by atoms with Gasteiger partial charge in [0, 0.05) is 18.0 Å². The molecule has 2 aromatic rings. The van der Waals surface area contributed by atoms with E-state index in [4.69, 9.17) is 16.3 Å². The predicted octanol–water partition coefficient (Wildman–Crippen LogP) is 1.67. The predicted molar refractivity (Wildman–Crippen MR) is 76.7 cm³/mol. The summed E-state index contributed by atoms with van der Waals surface area (Å²) in [6.07, 6.45) is 8.04. The Kier molecular flexibility index (Phi) is 4.23. The van der Waals surface area contributed by atoms with Gasteiger partial charge in [0.25, 0.3) is 0 Å². The van der Waals surface area contributed by atoms with Crippen molar-refractivity contribution in [3.63, 3.8) is 0 Å². The summed E-state index contributed by atoms with van der Waals surface area (Å²) < 4.78 is 28.7. The van der Waals surface area contributed by atoms with Crippen molar-refractivity contribution < 1.29 is 13.2 Å². The SMILES string of the molecule is C#CCCCOc1ccc(S(N)(=O)=O)c2ncccc12. The van der Waals surface area contributed by atoms with Crippen molar-refractivity contribution in [1.29, 1.82) is 0 Å². The molecule has 0 atom stereocenters. The van der Waals surface area contributed by atoms with Crippen LogP contribution in [0.4, 0.5) is 0 Å². The van der Waals surface area contributed by atoms with Crippen molar-refractivity contribution in [1.82, 2.24) is 4.98 Å². The van der Waals surface area contributed by atoms with Crippen LogP contribution in [0.5, 0.6) is 5.75 Å². The molecule has 0 spiro atoms. The fourth-order valence-electron chi connectivity index (χ4n) is 1.83. The van der Waals surface area contributed by atoms with Crippen LogP contribution in [0.3, 0.4) is 0 Å². The zero-order chi connectivity index (χ0) is 14.6. The van der Waals surface area contributed by atoms with Gasteiger partial charge in [-0.15, -0.1) is 12.3 Å². The van der Waals surface area contributed by atoms with Gasteiger partial charge < -0.3 is 4.74 Å². The molecule has 0 amide bonds. The number of benzene rings is 1. The molecule has 1 aromatic carbocycles. The first-order chi connectivity index (χ1) is 9.54. The molecular weight excluding hydrogens is 276 g/mol. The first kappa shape index (κ1) is 14.3. The molecule has 0 bridgehead atoms. The minimum Gasteiger partial charge on any atom is -0.493 e. The summed E-state index contributed by atoms with van der Waals surface area (Å²) in [4.78, 5) is 4.07. The normalized spacial score (nSPS) is 11.2. The quantitative estimate of drug-likeness (QED) is 0.671. The van der Waals surface area contributed by atoms with Gasteiger partial charge in [-0.1, -0.05) is 0 Å². The van der Waals surface area contributed by atoms with Crippen molar-refractivity contribution in [2.45, 2.75) is 17.7 Å². The van der Waals surface area contributed by atoms with Crippen LogP contribution in [0.2, 0.25) is 0 Å². The Bertz CT molecular complexity index is 764. The van der Waals surface area contributed by atoms with Gasteiger partial charge in [-0.05, 0) is 30.7 Å². The van der Waals surface area contributed by atoms with E-state index in [0.717, 1.165) is 6.42 Å². The zero-order valence-electron chi connectivity index (χ0n) is 10.7. The van der Waals surface area contributed by atoms with Gasteiger partial charge in [0.05, 0.1) is 12.1 Å². The number of aromatic nitrogens is 1. The molecule has 2 rings (SSSR count). The highest BCUT2D eigenvalue weighted by atomic mass is 32.2. The first-order valence-electron chi connectivity index (χ1n) is 6.01. The van der Waals surface area contributed by atoms with E-state index in [-0.39, 0.29) is 4.90 Å². The van der Waals surface area contributed by atoms with Crippen LogP contribution in [0.1, 0.15) is 12.8 Å². The number of nitrogens with zero attached hydrogens (tertiary/aromatic N) is 1. The number of fused-ring (bicyclic) bond motifs is 1. The third-order valence-electron chi connectivity index (χ3n) is 2.72. The van der Waals surface area contributed by atoms with E-state index in [1.165, 1.54) is 12.3 Å². The molecule has 1 aromatic heterocycles. The highest BCUT2D eigenvalue weighted by Crippen LogP contribution is 2.29. The Morgan fingerprint density at radius 3 is 2.85 bits per heavy atom. The third kappa shape index (κ3) is 3.07. The van der Waals surface area contributed by atoms with Crippen LogP contribution in [-0.2, 0) is 10.0 Å². The molecule has 6 heteroatoms. The molecule has 0 aliphatic rings. The molecule has 20 heavy (non-hydrogen) atoms. The summed E-state index contributed by atoms with van der Waals surface area (Å²) in [7, 11) is -3.82. The third-order valence-corrected chi connectivity index (χ3v) is 3.66. The van der Waals surface area contributed by atoms with Crippen LogP contribution in [0, 0.1) is 12.3 Å². The van der Waals surface area contributed by atoms with E-state index >= 15 is 0 Å². The molecule has 0 aliphatic heterocycles. The highest BCUT2D eigenvalue weighted by molar-refractivity contribution is 7.89. The lowest BCUT2D eigenvalue weighted by Gasteiger charge is -2.10. The fourth-order valence-corrected chi connectivity index (χ4v) is 2.52. The molecule has 0 saturated carbocycles. The maximum absolute atomic E-state index is 11.5. The molecule has 0 radical (unpaired) electrons. The van der Waals surface area contributed by atoms with Crippen LogP contribution in [0.15, 0.2) is 35.4 Å². The van der Waals surface area contributed by atoms with Crippen molar-refractivity contribution in [3.8, 4) is 18.1 Å². The van der Waals surface area contributed by atoms with Crippen molar-refractivity contribution in [2.24, 2.45) is 5.14 Å². The standard InChI is InChI=1S/C14H14N2O3S/c1-2-3-4-10-19-12-7-8-13(20(15,17)18)14-11(12)6-5-9-16-14/h1,5-9H,3-4,10H2,(H2,15,17,18). The van der Waals surface area contributed by atoms with Crippen molar-refractivity contribution >= 4 is 20.9 Å². The Hall–Kier alpha value is -2.10. The summed E-state index contributed by atoms with van der Waals surface area (Å²) in [6.45, 7) is 0.461. The molecule has 104 valence electrons. The van der Waals surface area contributed by atoms with Crippen LogP contribution in [0.25, 0.3) is 10.9 Å². The second-order valence-electron chi connectivity index (χ2n) is 4.16. The molecule has 0 aliphatic carbocycles. The Morgan fingerprint density at radius 2 is 2.15 bits per heavy atom. The van der Waals surface area contributed by atoms with Gasteiger partial charge in [0.1, 0.15) is 10.6 Å². The molecule has 2 N–H and O–H groups in total. The molecular formula is C14H14N2O3S. The number of primary sulfonamides is 1. The number of hydrogen-bond donors (Lipinski definition) is 1. The molecule has 5 nitrogen and oxygen atoms in total. The van der Waals surface area contributed by atoms with Gasteiger partial charge in [0.2, 0.25) is 10.0 Å². The maximum atomic E-state index is 11.5. The Labute approximate surface area is 117 Å².